The molecule has 0 saturated carbocycles. The van der Waals surface area contributed by atoms with Crippen LogP contribution in [0.2, 0.25) is 5.02 Å². The van der Waals surface area contributed by atoms with Crippen molar-refractivity contribution in [1.29, 1.82) is 0 Å². The zero-order valence-electron chi connectivity index (χ0n) is 11.0. The van der Waals surface area contributed by atoms with Gasteiger partial charge in [0.25, 0.3) is 5.91 Å². The van der Waals surface area contributed by atoms with Gasteiger partial charge in [-0.25, -0.2) is 0 Å². The van der Waals surface area contributed by atoms with Crippen LogP contribution in [0.25, 0.3) is 0 Å². The molecule has 1 aliphatic heterocycles. The number of piperidine rings is 1. The van der Waals surface area contributed by atoms with Gasteiger partial charge in [0.05, 0.1) is 11.8 Å². The summed E-state index contributed by atoms with van der Waals surface area (Å²) in [4.78, 5) is 35.9. The van der Waals surface area contributed by atoms with Crippen molar-refractivity contribution in [3.05, 3.63) is 34.9 Å². The number of benzene rings is 1. The minimum absolute atomic E-state index is 0.103. The number of nitrogens with zero attached hydrogens (tertiary/aromatic N) is 1. The topological polar surface area (TPSA) is 94.9 Å². The van der Waals surface area contributed by atoms with E-state index in [1.54, 1.807) is 24.3 Å². The smallest absolute Gasteiger partial charge is 0.309 e. The second-order valence-corrected chi connectivity index (χ2v) is 5.37. The Balaban J connectivity index is 2.15. The van der Waals surface area contributed by atoms with Crippen LogP contribution in [-0.4, -0.2) is 46.0 Å². The van der Waals surface area contributed by atoms with Gasteiger partial charge in [0, 0.05) is 23.7 Å². The molecule has 21 heavy (non-hydrogen) atoms. The zero-order valence-corrected chi connectivity index (χ0v) is 11.8. The molecule has 1 aromatic carbocycles. The minimum Gasteiger partial charge on any atom is -0.481 e. The standard InChI is InChI=1S/C14H14ClNO5/c15-9-3-1-8(2-4-9)12(17)16-6-5-10(13(18)19)11(7-16)14(20)21/h1-4,10-11H,5-7H2,(H,18,19)(H,20,21). The number of carbonyl (C=O) groups excluding carboxylic acids is 1. The molecule has 2 rings (SSSR count). The van der Waals surface area contributed by atoms with Crippen LogP contribution in [0.5, 0.6) is 0 Å². The lowest BCUT2D eigenvalue weighted by Crippen LogP contribution is -2.48. The SMILES string of the molecule is O=C(O)C1CCN(C(=O)c2ccc(Cl)cc2)CC1C(=O)O. The molecule has 0 bridgehead atoms. The van der Waals surface area contributed by atoms with E-state index in [9.17, 15) is 14.4 Å². The molecule has 2 atom stereocenters. The highest BCUT2D eigenvalue weighted by molar-refractivity contribution is 6.30. The Morgan fingerprint density at radius 1 is 1.05 bits per heavy atom. The van der Waals surface area contributed by atoms with E-state index in [-0.39, 0.29) is 25.4 Å². The normalized spacial score (nSPS) is 21.9. The second kappa shape index (κ2) is 6.13. The Hall–Kier alpha value is -2.08. The van der Waals surface area contributed by atoms with Crippen molar-refractivity contribution in [2.24, 2.45) is 11.8 Å². The Morgan fingerprint density at radius 2 is 1.62 bits per heavy atom. The zero-order chi connectivity index (χ0) is 15.6. The number of carboxylic acid groups (broad SMARTS) is 2. The number of amides is 1. The van der Waals surface area contributed by atoms with Crippen LogP contribution in [-0.2, 0) is 9.59 Å². The van der Waals surface area contributed by atoms with E-state index >= 15 is 0 Å². The van der Waals surface area contributed by atoms with Gasteiger partial charge in [0.2, 0.25) is 0 Å². The molecule has 0 aromatic heterocycles. The van der Waals surface area contributed by atoms with Gasteiger partial charge in [-0.3, -0.25) is 14.4 Å². The molecular formula is C14H14ClNO5. The second-order valence-electron chi connectivity index (χ2n) is 4.94. The average Bonchev–Trinajstić information content (AvgIpc) is 2.46. The molecule has 7 heteroatoms. The van der Waals surface area contributed by atoms with Gasteiger partial charge >= 0.3 is 11.9 Å². The molecule has 6 nitrogen and oxygen atoms in total. The van der Waals surface area contributed by atoms with Crippen molar-refractivity contribution in [2.45, 2.75) is 6.42 Å². The molecule has 1 heterocycles. The molecule has 1 aromatic rings. The molecule has 1 amide bonds. The fourth-order valence-electron chi connectivity index (χ4n) is 2.46. The van der Waals surface area contributed by atoms with E-state index in [0.29, 0.717) is 10.6 Å². The lowest BCUT2D eigenvalue weighted by atomic mass is 9.85. The molecule has 112 valence electrons. The highest BCUT2D eigenvalue weighted by Gasteiger charge is 2.40. The van der Waals surface area contributed by atoms with Crippen LogP contribution in [0, 0.1) is 11.8 Å². The molecular weight excluding hydrogens is 298 g/mol. The molecule has 0 radical (unpaired) electrons. The maximum atomic E-state index is 12.3. The first kappa shape index (κ1) is 15.3. The van der Waals surface area contributed by atoms with Crippen LogP contribution >= 0.6 is 11.6 Å². The third kappa shape index (κ3) is 3.33. The predicted octanol–water partition coefficient (Wildman–Crippen LogP) is 1.59. The highest BCUT2D eigenvalue weighted by atomic mass is 35.5. The van der Waals surface area contributed by atoms with E-state index in [1.807, 2.05) is 0 Å². The molecule has 2 N–H and O–H groups in total. The Kier molecular flexibility index (Phi) is 4.47. The average molecular weight is 312 g/mol. The molecule has 1 aliphatic rings. The molecule has 0 aliphatic carbocycles. The Labute approximate surface area is 125 Å². The fraction of sp³-hybridized carbons (Fsp3) is 0.357. The van der Waals surface area contributed by atoms with Gasteiger partial charge in [-0.2, -0.15) is 0 Å². The first-order valence-corrected chi connectivity index (χ1v) is 6.78. The summed E-state index contributed by atoms with van der Waals surface area (Å²) in [6, 6.07) is 6.27. The lowest BCUT2D eigenvalue weighted by Gasteiger charge is -2.34. The molecule has 2 unspecified atom stereocenters. The number of aliphatic carboxylic acids is 2. The van der Waals surface area contributed by atoms with Gasteiger partial charge in [-0.1, -0.05) is 11.6 Å². The third-order valence-corrected chi connectivity index (χ3v) is 3.88. The summed E-state index contributed by atoms with van der Waals surface area (Å²) in [5, 5.41) is 18.7. The highest BCUT2D eigenvalue weighted by Crippen LogP contribution is 2.25. The van der Waals surface area contributed by atoms with Gasteiger partial charge in [-0.05, 0) is 30.7 Å². The number of rotatable bonds is 3. The van der Waals surface area contributed by atoms with Crippen LogP contribution in [0.15, 0.2) is 24.3 Å². The number of likely N-dealkylation sites (tertiary alicyclic amines) is 1. The largest absolute Gasteiger partial charge is 0.481 e. The maximum Gasteiger partial charge on any atom is 0.309 e. The number of halogens is 1. The van der Waals surface area contributed by atoms with E-state index in [2.05, 4.69) is 0 Å². The van der Waals surface area contributed by atoms with E-state index in [0.717, 1.165) is 0 Å². The van der Waals surface area contributed by atoms with E-state index in [1.165, 1.54) is 4.90 Å². The predicted molar refractivity (Wildman–Crippen MR) is 74.2 cm³/mol. The van der Waals surface area contributed by atoms with Gasteiger partial charge < -0.3 is 15.1 Å². The molecule has 1 fully saturated rings. The summed E-state index contributed by atoms with van der Waals surface area (Å²) in [7, 11) is 0. The maximum absolute atomic E-state index is 12.3. The summed E-state index contributed by atoms with van der Waals surface area (Å²) in [6.45, 7) is 0.121. The Morgan fingerprint density at radius 3 is 2.14 bits per heavy atom. The number of hydrogen-bond donors (Lipinski definition) is 2. The summed E-state index contributed by atoms with van der Waals surface area (Å²) in [5.41, 5.74) is 0.400. The van der Waals surface area contributed by atoms with E-state index < -0.39 is 23.8 Å². The van der Waals surface area contributed by atoms with Crippen LogP contribution in [0.4, 0.5) is 0 Å². The van der Waals surface area contributed by atoms with Crippen LogP contribution in [0.1, 0.15) is 16.8 Å². The van der Waals surface area contributed by atoms with Gasteiger partial charge in [-0.15, -0.1) is 0 Å². The summed E-state index contributed by atoms with van der Waals surface area (Å²) >= 11 is 5.75. The van der Waals surface area contributed by atoms with Crippen molar-refractivity contribution in [3.63, 3.8) is 0 Å². The quantitative estimate of drug-likeness (QED) is 0.884. The molecule has 1 saturated heterocycles. The van der Waals surface area contributed by atoms with Crippen LogP contribution in [0.3, 0.4) is 0 Å². The van der Waals surface area contributed by atoms with Crippen molar-refractivity contribution in [3.8, 4) is 0 Å². The van der Waals surface area contributed by atoms with Crippen molar-refractivity contribution in [1.82, 2.24) is 4.90 Å². The van der Waals surface area contributed by atoms with Crippen molar-refractivity contribution >= 4 is 29.4 Å². The summed E-state index contributed by atoms with van der Waals surface area (Å²) < 4.78 is 0. The fourth-order valence-corrected chi connectivity index (χ4v) is 2.58. The lowest BCUT2D eigenvalue weighted by molar-refractivity contribution is -0.156. The number of hydrogen-bond acceptors (Lipinski definition) is 3. The Bertz CT molecular complexity index is 571. The first-order chi connectivity index (χ1) is 9.90. The summed E-state index contributed by atoms with van der Waals surface area (Å²) in [6.07, 6.45) is 0.131. The molecule has 0 spiro atoms. The summed E-state index contributed by atoms with van der Waals surface area (Å²) in [5.74, 6) is -4.71. The van der Waals surface area contributed by atoms with Gasteiger partial charge in [0.15, 0.2) is 0 Å². The van der Waals surface area contributed by atoms with Crippen molar-refractivity contribution < 1.29 is 24.6 Å². The number of carboxylic acids is 2. The monoisotopic (exact) mass is 311 g/mol. The number of carbonyl (C=O) groups is 3. The third-order valence-electron chi connectivity index (χ3n) is 3.63. The van der Waals surface area contributed by atoms with Gasteiger partial charge in [0.1, 0.15) is 0 Å². The van der Waals surface area contributed by atoms with Crippen molar-refractivity contribution in [2.75, 3.05) is 13.1 Å². The van der Waals surface area contributed by atoms with Crippen LogP contribution < -0.4 is 0 Å². The van der Waals surface area contributed by atoms with E-state index in [4.69, 9.17) is 21.8 Å². The minimum atomic E-state index is -1.20. The first-order valence-electron chi connectivity index (χ1n) is 6.40.